The Morgan fingerprint density at radius 3 is 2.40 bits per heavy atom. The normalized spacial score (nSPS) is 11.8. The van der Waals surface area contributed by atoms with Crippen LogP contribution in [0.25, 0.3) is 0 Å². The largest absolute Gasteiger partial charge is 0.504 e. The number of carbonyl (C=O) groups excluding carboxylic acids is 2. The summed E-state index contributed by atoms with van der Waals surface area (Å²) in [6.45, 7) is 6.42. The maximum Gasteiger partial charge on any atom is 0.255 e. The van der Waals surface area contributed by atoms with Crippen molar-refractivity contribution in [3.63, 3.8) is 0 Å². The Morgan fingerprint density at radius 2 is 1.85 bits per heavy atom. The summed E-state index contributed by atoms with van der Waals surface area (Å²) in [6, 6.07) is 3.39. The Bertz CT molecular complexity index is 498. The van der Waals surface area contributed by atoms with Gasteiger partial charge in [-0.1, -0.05) is 6.07 Å². The maximum atomic E-state index is 12.0. The molecule has 0 aromatic heterocycles. The van der Waals surface area contributed by atoms with Crippen molar-refractivity contribution in [1.29, 1.82) is 0 Å². The van der Waals surface area contributed by atoms with Crippen LogP contribution in [0.3, 0.4) is 0 Å². The monoisotopic (exact) mass is 280 g/mol. The van der Waals surface area contributed by atoms with Crippen LogP contribution in [0.1, 0.15) is 31.1 Å². The van der Waals surface area contributed by atoms with E-state index in [9.17, 15) is 19.8 Å². The number of amides is 2. The molecule has 0 saturated heterocycles. The van der Waals surface area contributed by atoms with Gasteiger partial charge in [0, 0.05) is 13.1 Å². The van der Waals surface area contributed by atoms with E-state index in [1.54, 1.807) is 11.8 Å². The first kappa shape index (κ1) is 15.8. The molecule has 1 atom stereocenters. The Balaban J connectivity index is 2.80. The smallest absolute Gasteiger partial charge is 0.255 e. The van der Waals surface area contributed by atoms with Crippen molar-refractivity contribution in [2.45, 2.75) is 26.8 Å². The molecule has 110 valence electrons. The van der Waals surface area contributed by atoms with E-state index in [-0.39, 0.29) is 17.2 Å². The number of carbonyl (C=O) groups is 2. The van der Waals surface area contributed by atoms with Gasteiger partial charge in [0.1, 0.15) is 6.04 Å². The number of phenols is 2. The van der Waals surface area contributed by atoms with Gasteiger partial charge in [0.15, 0.2) is 11.5 Å². The van der Waals surface area contributed by atoms with Gasteiger partial charge in [0.2, 0.25) is 5.91 Å². The first-order chi connectivity index (χ1) is 9.42. The number of para-hydroxylation sites is 1. The molecule has 2 amide bonds. The van der Waals surface area contributed by atoms with Crippen molar-refractivity contribution < 1.29 is 19.8 Å². The van der Waals surface area contributed by atoms with Crippen LogP contribution in [-0.2, 0) is 4.79 Å². The van der Waals surface area contributed by atoms with Gasteiger partial charge < -0.3 is 20.4 Å². The third-order valence-corrected chi connectivity index (χ3v) is 3.05. The fourth-order valence-corrected chi connectivity index (χ4v) is 1.86. The van der Waals surface area contributed by atoms with Crippen LogP contribution >= 0.6 is 0 Å². The summed E-state index contributed by atoms with van der Waals surface area (Å²) in [5.74, 6) is -1.66. The number of hydrogen-bond acceptors (Lipinski definition) is 4. The molecule has 1 unspecified atom stereocenters. The van der Waals surface area contributed by atoms with Gasteiger partial charge in [-0.3, -0.25) is 9.59 Å². The molecule has 0 aliphatic rings. The van der Waals surface area contributed by atoms with E-state index in [4.69, 9.17) is 0 Å². The highest BCUT2D eigenvalue weighted by Gasteiger charge is 2.22. The summed E-state index contributed by atoms with van der Waals surface area (Å²) < 4.78 is 0. The molecule has 0 radical (unpaired) electrons. The first-order valence-electron chi connectivity index (χ1n) is 6.52. The van der Waals surface area contributed by atoms with Gasteiger partial charge in [-0.2, -0.15) is 0 Å². The highest BCUT2D eigenvalue weighted by atomic mass is 16.3. The molecular formula is C14H20N2O4. The standard InChI is InChI=1S/C14H20N2O4/c1-4-16(5-2)14(20)9(3)15-13(19)10-7-6-8-11(17)12(10)18/h6-9,17-18H,4-5H2,1-3H3,(H,15,19). The Kier molecular flexibility index (Phi) is 5.37. The summed E-state index contributed by atoms with van der Waals surface area (Å²) >= 11 is 0. The van der Waals surface area contributed by atoms with Crippen LogP contribution in [-0.4, -0.2) is 46.1 Å². The fraction of sp³-hybridized carbons (Fsp3) is 0.429. The molecule has 1 rings (SSSR count). The van der Waals surface area contributed by atoms with Gasteiger partial charge in [-0.05, 0) is 32.9 Å². The zero-order valence-corrected chi connectivity index (χ0v) is 11.9. The molecular weight excluding hydrogens is 260 g/mol. The molecule has 20 heavy (non-hydrogen) atoms. The molecule has 0 aliphatic carbocycles. The van der Waals surface area contributed by atoms with Crippen molar-refractivity contribution in [3.8, 4) is 11.5 Å². The van der Waals surface area contributed by atoms with Crippen LogP contribution in [0, 0.1) is 0 Å². The predicted molar refractivity (Wildman–Crippen MR) is 74.6 cm³/mol. The van der Waals surface area contributed by atoms with Crippen molar-refractivity contribution in [2.75, 3.05) is 13.1 Å². The van der Waals surface area contributed by atoms with Crippen LogP contribution in [0.2, 0.25) is 0 Å². The zero-order chi connectivity index (χ0) is 15.3. The molecule has 0 aliphatic heterocycles. The summed E-state index contributed by atoms with van der Waals surface area (Å²) in [7, 11) is 0. The molecule has 6 heteroatoms. The van der Waals surface area contributed by atoms with Crippen LogP contribution in [0.5, 0.6) is 11.5 Å². The van der Waals surface area contributed by atoms with Crippen molar-refractivity contribution in [2.24, 2.45) is 0 Å². The maximum absolute atomic E-state index is 12.0. The molecule has 1 aromatic carbocycles. The van der Waals surface area contributed by atoms with Gasteiger partial charge >= 0.3 is 0 Å². The lowest BCUT2D eigenvalue weighted by Crippen LogP contribution is -2.46. The first-order valence-corrected chi connectivity index (χ1v) is 6.52. The lowest BCUT2D eigenvalue weighted by Gasteiger charge is -2.23. The number of benzene rings is 1. The van der Waals surface area contributed by atoms with Crippen molar-refractivity contribution in [1.82, 2.24) is 10.2 Å². The summed E-state index contributed by atoms with van der Waals surface area (Å²) in [5.41, 5.74) is -0.0656. The second kappa shape index (κ2) is 6.79. The highest BCUT2D eigenvalue weighted by Crippen LogP contribution is 2.27. The topological polar surface area (TPSA) is 89.9 Å². The van der Waals surface area contributed by atoms with Crippen LogP contribution < -0.4 is 5.32 Å². The van der Waals surface area contributed by atoms with Crippen molar-refractivity contribution in [3.05, 3.63) is 23.8 Å². The lowest BCUT2D eigenvalue weighted by atomic mass is 10.1. The van der Waals surface area contributed by atoms with E-state index in [1.807, 2.05) is 13.8 Å². The van der Waals surface area contributed by atoms with Gasteiger partial charge in [-0.15, -0.1) is 0 Å². The molecule has 0 fully saturated rings. The van der Waals surface area contributed by atoms with Crippen LogP contribution in [0.15, 0.2) is 18.2 Å². The second-order valence-electron chi connectivity index (χ2n) is 4.38. The Labute approximate surface area is 118 Å². The number of aromatic hydroxyl groups is 2. The number of hydrogen-bond donors (Lipinski definition) is 3. The second-order valence-corrected chi connectivity index (χ2v) is 4.38. The zero-order valence-electron chi connectivity index (χ0n) is 11.9. The fourth-order valence-electron chi connectivity index (χ4n) is 1.86. The molecule has 0 spiro atoms. The molecule has 0 saturated carbocycles. The van der Waals surface area contributed by atoms with E-state index in [2.05, 4.69) is 5.32 Å². The molecule has 0 bridgehead atoms. The average Bonchev–Trinajstić information content (AvgIpc) is 2.42. The number of rotatable bonds is 5. The van der Waals surface area contributed by atoms with Crippen LogP contribution in [0.4, 0.5) is 0 Å². The minimum Gasteiger partial charge on any atom is -0.504 e. The van der Waals surface area contributed by atoms with Gasteiger partial charge in [0.05, 0.1) is 5.56 Å². The lowest BCUT2D eigenvalue weighted by molar-refractivity contribution is -0.132. The number of likely N-dealkylation sites (N-methyl/N-ethyl adjacent to an activating group) is 1. The SMILES string of the molecule is CCN(CC)C(=O)C(C)NC(=O)c1cccc(O)c1O. The minimum atomic E-state index is -0.704. The van der Waals surface area contributed by atoms with E-state index in [0.717, 1.165) is 0 Å². The molecule has 3 N–H and O–H groups in total. The third-order valence-electron chi connectivity index (χ3n) is 3.05. The van der Waals surface area contributed by atoms with E-state index in [1.165, 1.54) is 18.2 Å². The number of nitrogens with zero attached hydrogens (tertiary/aromatic N) is 1. The average molecular weight is 280 g/mol. The predicted octanol–water partition coefficient (Wildman–Crippen LogP) is 1.08. The van der Waals surface area contributed by atoms with Gasteiger partial charge in [0.25, 0.3) is 5.91 Å². The van der Waals surface area contributed by atoms with E-state index >= 15 is 0 Å². The third kappa shape index (κ3) is 3.40. The quantitative estimate of drug-likeness (QED) is 0.704. The summed E-state index contributed by atoms with van der Waals surface area (Å²) in [5, 5.41) is 21.5. The molecule has 1 aromatic rings. The van der Waals surface area contributed by atoms with E-state index in [0.29, 0.717) is 13.1 Å². The number of phenolic OH excluding ortho intramolecular Hbond substituents is 2. The van der Waals surface area contributed by atoms with Crippen molar-refractivity contribution >= 4 is 11.8 Å². The van der Waals surface area contributed by atoms with Gasteiger partial charge in [-0.25, -0.2) is 0 Å². The molecule has 0 heterocycles. The highest BCUT2D eigenvalue weighted by molar-refractivity contribution is 6.00. The minimum absolute atomic E-state index is 0.0656. The Morgan fingerprint density at radius 1 is 1.25 bits per heavy atom. The summed E-state index contributed by atoms with van der Waals surface area (Å²) in [6.07, 6.45) is 0. The number of nitrogens with one attached hydrogen (secondary N) is 1. The van der Waals surface area contributed by atoms with E-state index < -0.39 is 17.7 Å². The Hall–Kier alpha value is -2.24. The summed E-state index contributed by atoms with van der Waals surface area (Å²) in [4.78, 5) is 25.6. The molecule has 6 nitrogen and oxygen atoms in total.